The van der Waals surface area contributed by atoms with Gasteiger partial charge < -0.3 is 20.4 Å². The quantitative estimate of drug-likeness (QED) is 0.538. The van der Waals surface area contributed by atoms with Crippen molar-refractivity contribution < 1.29 is 0 Å². The van der Waals surface area contributed by atoms with Gasteiger partial charge in [-0.25, -0.2) is 0 Å². The summed E-state index contributed by atoms with van der Waals surface area (Å²) in [5, 5.41) is 7.03. The average molecular weight is 356 g/mol. The van der Waals surface area contributed by atoms with Gasteiger partial charge >= 0.3 is 0 Å². The van der Waals surface area contributed by atoms with E-state index in [-0.39, 0.29) is 0 Å². The fourth-order valence-electron chi connectivity index (χ4n) is 3.53. The van der Waals surface area contributed by atoms with Crippen LogP contribution in [0.25, 0.3) is 0 Å². The molecule has 0 aliphatic carbocycles. The number of hydrogen-bond donors (Lipinski definition) is 2. The Balaban J connectivity index is 1.63. The highest BCUT2D eigenvalue weighted by Gasteiger charge is 2.29. The Bertz CT molecular complexity index is 387. The zero-order valence-electron chi connectivity index (χ0n) is 16.1. The molecule has 0 amide bonds. The molecule has 0 radical (unpaired) electrons. The first-order valence-corrected chi connectivity index (χ1v) is 10.6. The highest BCUT2D eigenvalue weighted by atomic mass is 32.2. The van der Waals surface area contributed by atoms with Crippen LogP contribution in [0.2, 0.25) is 0 Å². The van der Waals surface area contributed by atoms with E-state index in [0.717, 1.165) is 19.0 Å². The Kier molecular flexibility index (Phi) is 8.17. The summed E-state index contributed by atoms with van der Waals surface area (Å²) < 4.78 is 0.377. The minimum atomic E-state index is 0.377. The van der Waals surface area contributed by atoms with Crippen LogP contribution in [-0.4, -0.2) is 85.7 Å². The van der Waals surface area contributed by atoms with E-state index in [0.29, 0.717) is 10.7 Å². The summed E-state index contributed by atoms with van der Waals surface area (Å²) in [6.07, 6.45) is 2.65. The summed E-state index contributed by atoms with van der Waals surface area (Å²) >= 11 is 2.09. The van der Waals surface area contributed by atoms with Crippen LogP contribution in [-0.2, 0) is 0 Å². The first-order chi connectivity index (χ1) is 11.5. The molecule has 2 aliphatic heterocycles. The molecule has 0 aromatic heterocycles. The molecular formula is C18H37N5S. The monoisotopic (exact) mass is 355 g/mol. The van der Waals surface area contributed by atoms with E-state index in [1.165, 1.54) is 57.9 Å². The molecule has 0 aromatic carbocycles. The van der Waals surface area contributed by atoms with E-state index in [1.807, 2.05) is 7.05 Å². The van der Waals surface area contributed by atoms with Gasteiger partial charge in [0, 0.05) is 57.6 Å². The lowest BCUT2D eigenvalue weighted by Gasteiger charge is -2.35. The van der Waals surface area contributed by atoms with Crippen LogP contribution in [0.4, 0.5) is 0 Å². The molecule has 24 heavy (non-hydrogen) atoms. The number of nitrogens with one attached hydrogen (secondary N) is 2. The summed E-state index contributed by atoms with van der Waals surface area (Å²) in [7, 11) is 1.87. The Hall–Kier alpha value is -0.460. The number of rotatable bonds is 7. The molecule has 0 bridgehead atoms. The number of thioether (sulfide) groups is 1. The first kappa shape index (κ1) is 19.9. The third-order valence-corrected chi connectivity index (χ3v) is 6.79. The van der Waals surface area contributed by atoms with Gasteiger partial charge in [0.1, 0.15) is 0 Å². The summed E-state index contributed by atoms with van der Waals surface area (Å²) in [6.45, 7) is 16.2. The second-order valence-corrected chi connectivity index (χ2v) is 9.23. The van der Waals surface area contributed by atoms with Crippen LogP contribution in [0.5, 0.6) is 0 Å². The van der Waals surface area contributed by atoms with E-state index in [1.54, 1.807) is 0 Å². The Morgan fingerprint density at radius 2 is 1.92 bits per heavy atom. The van der Waals surface area contributed by atoms with Crippen LogP contribution < -0.4 is 10.6 Å². The number of aliphatic imine (C=N–C) groups is 1. The molecular weight excluding hydrogens is 318 g/mol. The van der Waals surface area contributed by atoms with Crippen molar-refractivity contribution in [3.8, 4) is 0 Å². The lowest BCUT2D eigenvalue weighted by atomic mass is 10.1. The fourth-order valence-corrected chi connectivity index (χ4v) is 4.78. The lowest BCUT2D eigenvalue weighted by Crippen LogP contribution is -2.49. The van der Waals surface area contributed by atoms with Crippen molar-refractivity contribution in [3.05, 3.63) is 0 Å². The molecule has 2 heterocycles. The third-order valence-electron chi connectivity index (χ3n) is 5.25. The van der Waals surface area contributed by atoms with Gasteiger partial charge in [-0.2, -0.15) is 11.8 Å². The van der Waals surface area contributed by atoms with Crippen LogP contribution in [0.3, 0.4) is 0 Å². The topological polar surface area (TPSA) is 42.9 Å². The molecule has 5 nitrogen and oxygen atoms in total. The van der Waals surface area contributed by atoms with Crippen LogP contribution in [0, 0.1) is 5.92 Å². The Labute approximate surface area is 153 Å². The van der Waals surface area contributed by atoms with Crippen molar-refractivity contribution in [3.63, 3.8) is 0 Å². The summed E-state index contributed by atoms with van der Waals surface area (Å²) in [4.78, 5) is 9.52. The molecule has 2 unspecified atom stereocenters. The first-order valence-electron chi connectivity index (χ1n) is 9.58. The molecule has 2 N–H and O–H groups in total. The van der Waals surface area contributed by atoms with Gasteiger partial charge in [-0.05, 0) is 38.0 Å². The van der Waals surface area contributed by atoms with Crippen LogP contribution in [0.1, 0.15) is 33.6 Å². The second kappa shape index (κ2) is 9.88. The molecule has 6 heteroatoms. The van der Waals surface area contributed by atoms with E-state index in [9.17, 15) is 0 Å². The molecule has 2 saturated heterocycles. The zero-order chi connectivity index (χ0) is 17.4. The Morgan fingerprint density at radius 3 is 2.50 bits per heavy atom. The SMILES string of the molecule is CCN1CCN(CC(C)CNC(=NC)NCC2(C)CCCS2)CC1. The lowest BCUT2D eigenvalue weighted by molar-refractivity contribution is 0.124. The molecule has 2 atom stereocenters. The smallest absolute Gasteiger partial charge is 0.191 e. The number of nitrogens with zero attached hydrogens (tertiary/aromatic N) is 3. The average Bonchev–Trinajstić information content (AvgIpc) is 3.02. The molecule has 0 saturated carbocycles. The van der Waals surface area contributed by atoms with Crippen molar-refractivity contribution >= 4 is 17.7 Å². The highest BCUT2D eigenvalue weighted by molar-refractivity contribution is 8.00. The number of hydrogen-bond acceptors (Lipinski definition) is 4. The molecule has 2 fully saturated rings. The van der Waals surface area contributed by atoms with Gasteiger partial charge in [-0.15, -0.1) is 0 Å². The predicted molar refractivity (Wildman–Crippen MR) is 107 cm³/mol. The third kappa shape index (κ3) is 6.45. The van der Waals surface area contributed by atoms with Crippen LogP contribution in [0.15, 0.2) is 4.99 Å². The van der Waals surface area contributed by atoms with E-state index in [4.69, 9.17) is 0 Å². The second-order valence-electron chi connectivity index (χ2n) is 7.55. The summed E-state index contributed by atoms with van der Waals surface area (Å²) in [6, 6.07) is 0. The summed E-state index contributed by atoms with van der Waals surface area (Å²) in [5.74, 6) is 2.88. The van der Waals surface area contributed by atoms with Gasteiger partial charge in [0.25, 0.3) is 0 Å². The van der Waals surface area contributed by atoms with E-state index < -0.39 is 0 Å². The number of guanidine groups is 1. The fraction of sp³-hybridized carbons (Fsp3) is 0.944. The summed E-state index contributed by atoms with van der Waals surface area (Å²) in [5.41, 5.74) is 0. The van der Waals surface area contributed by atoms with Crippen molar-refractivity contribution in [1.82, 2.24) is 20.4 Å². The molecule has 2 rings (SSSR count). The van der Waals surface area contributed by atoms with Crippen molar-refractivity contribution in [2.45, 2.75) is 38.4 Å². The van der Waals surface area contributed by atoms with Crippen molar-refractivity contribution in [2.24, 2.45) is 10.9 Å². The van der Waals surface area contributed by atoms with Gasteiger partial charge in [-0.1, -0.05) is 13.8 Å². The van der Waals surface area contributed by atoms with Gasteiger partial charge in [-0.3, -0.25) is 4.99 Å². The maximum Gasteiger partial charge on any atom is 0.191 e. The minimum absolute atomic E-state index is 0.377. The molecule has 0 spiro atoms. The minimum Gasteiger partial charge on any atom is -0.356 e. The van der Waals surface area contributed by atoms with Gasteiger partial charge in [0.2, 0.25) is 0 Å². The predicted octanol–water partition coefficient (Wildman–Crippen LogP) is 1.71. The van der Waals surface area contributed by atoms with Crippen LogP contribution >= 0.6 is 11.8 Å². The maximum absolute atomic E-state index is 4.38. The zero-order valence-corrected chi connectivity index (χ0v) is 16.9. The molecule has 140 valence electrons. The maximum atomic E-state index is 4.38. The van der Waals surface area contributed by atoms with Gasteiger partial charge in [0.05, 0.1) is 0 Å². The Morgan fingerprint density at radius 1 is 1.21 bits per heavy atom. The number of piperazine rings is 1. The standard InChI is InChI=1S/C18H37N5S/c1-5-22-8-10-23(11-9-22)14-16(2)13-20-17(19-4)21-15-18(3)7-6-12-24-18/h16H,5-15H2,1-4H3,(H2,19,20,21). The van der Waals surface area contributed by atoms with E-state index >= 15 is 0 Å². The van der Waals surface area contributed by atoms with Crippen molar-refractivity contribution in [1.29, 1.82) is 0 Å². The highest BCUT2D eigenvalue weighted by Crippen LogP contribution is 2.36. The van der Waals surface area contributed by atoms with Crippen molar-refractivity contribution in [2.75, 3.05) is 65.2 Å². The normalized spacial score (nSPS) is 28.1. The van der Waals surface area contributed by atoms with E-state index in [2.05, 4.69) is 58.0 Å². The molecule has 0 aromatic rings. The molecule has 2 aliphatic rings. The number of likely N-dealkylation sites (N-methyl/N-ethyl adjacent to an activating group) is 1. The largest absolute Gasteiger partial charge is 0.356 e. The van der Waals surface area contributed by atoms with Gasteiger partial charge in [0.15, 0.2) is 5.96 Å².